The molecular formula is C14H13F3N4O3. The number of hydrogen-bond acceptors (Lipinski definition) is 6. The normalized spacial score (nSPS) is 11.2. The van der Waals surface area contributed by atoms with Crippen LogP contribution in [0.25, 0.3) is 0 Å². The molecule has 0 atom stereocenters. The van der Waals surface area contributed by atoms with Crippen LogP contribution in [0.3, 0.4) is 0 Å². The van der Waals surface area contributed by atoms with Gasteiger partial charge in [-0.2, -0.15) is 13.2 Å². The van der Waals surface area contributed by atoms with E-state index in [2.05, 4.69) is 15.3 Å². The second-order valence-electron chi connectivity index (χ2n) is 4.69. The Balaban J connectivity index is 1.92. The van der Waals surface area contributed by atoms with Gasteiger partial charge in [-0.05, 0) is 25.1 Å². The molecule has 2 aromatic rings. The number of anilines is 1. The Morgan fingerprint density at radius 2 is 2.08 bits per heavy atom. The lowest BCUT2D eigenvalue weighted by molar-refractivity contribution is -0.385. The van der Waals surface area contributed by atoms with Crippen LogP contribution in [0, 0.1) is 17.0 Å². The van der Waals surface area contributed by atoms with Crippen molar-refractivity contribution in [2.75, 3.05) is 18.5 Å². The maximum atomic E-state index is 12.8. The first-order valence-corrected chi connectivity index (χ1v) is 6.80. The van der Waals surface area contributed by atoms with E-state index >= 15 is 0 Å². The van der Waals surface area contributed by atoms with Gasteiger partial charge in [-0.1, -0.05) is 0 Å². The summed E-state index contributed by atoms with van der Waals surface area (Å²) < 4.78 is 43.4. The molecule has 0 aliphatic heterocycles. The zero-order chi connectivity index (χ0) is 17.7. The van der Waals surface area contributed by atoms with E-state index in [9.17, 15) is 23.3 Å². The number of nitrogens with zero attached hydrogens (tertiary/aromatic N) is 3. The maximum Gasteiger partial charge on any atom is 0.421 e. The molecule has 0 aromatic carbocycles. The van der Waals surface area contributed by atoms with E-state index in [0.717, 1.165) is 6.07 Å². The Morgan fingerprint density at radius 3 is 2.71 bits per heavy atom. The number of rotatable bonds is 6. The number of ether oxygens (including phenoxy) is 1. The van der Waals surface area contributed by atoms with Crippen LogP contribution < -0.4 is 10.1 Å². The third-order valence-corrected chi connectivity index (χ3v) is 2.98. The Labute approximate surface area is 134 Å². The minimum Gasteiger partial charge on any atom is -0.475 e. The molecule has 24 heavy (non-hydrogen) atoms. The van der Waals surface area contributed by atoms with Gasteiger partial charge in [-0.3, -0.25) is 10.1 Å². The zero-order valence-electron chi connectivity index (χ0n) is 12.5. The van der Waals surface area contributed by atoms with E-state index in [1.165, 1.54) is 31.3 Å². The van der Waals surface area contributed by atoms with Gasteiger partial charge in [0.1, 0.15) is 23.7 Å². The van der Waals surface area contributed by atoms with Crippen LogP contribution in [0.1, 0.15) is 11.3 Å². The van der Waals surface area contributed by atoms with Gasteiger partial charge in [0.05, 0.1) is 11.5 Å². The van der Waals surface area contributed by atoms with E-state index in [1.807, 2.05) is 0 Å². The summed E-state index contributed by atoms with van der Waals surface area (Å²) in [7, 11) is 0. The highest BCUT2D eigenvalue weighted by atomic mass is 19.4. The topological polar surface area (TPSA) is 90.2 Å². The van der Waals surface area contributed by atoms with Gasteiger partial charge in [0.15, 0.2) is 0 Å². The molecule has 2 aromatic heterocycles. The predicted octanol–water partition coefficient (Wildman–Crippen LogP) is 3.20. The van der Waals surface area contributed by atoms with Gasteiger partial charge in [0, 0.05) is 12.3 Å². The number of pyridine rings is 2. The van der Waals surface area contributed by atoms with Crippen molar-refractivity contribution >= 4 is 11.5 Å². The molecule has 0 fully saturated rings. The van der Waals surface area contributed by atoms with Crippen molar-refractivity contribution in [3.63, 3.8) is 0 Å². The summed E-state index contributed by atoms with van der Waals surface area (Å²) in [4.78, 5) is 17.7. The van der Waals surface area contributed by atoms with Crippen molar-refractivity contribution in [2.24, 2.45) is 0 Å². The Kier molecular flexibility index (Phi) is 5.17. The molecule has 0 amide bonds. The standard InChI is InChI=1S/C14H13F3N4O3/c1-9-11(21(22)23)4-5-12(20-9)18-7-8-24-13-10(14(15,16)17)3-2-6-19-13/h2-6H,7-8H2,1H3,(H,18,20). The minimum atomic E-state index is -4.55. The molecule has 2 heterocycles. The molecule has 128 valence electrons. The molecule has 10 heteroatoms. The van der Waals surface area contributed by atoms with Crippen molar-refractivity contribution in [2.45, 2.75) is 13.1 Å². The maximum absolute atomic E-state index is 12.8. The van der Waals surface area contributed by atoms with Gasteiger partial charge in [0.25, 0.3) is 5.69 Å². The molecule has 0 aliphatic carbocycles. The van der Waals surface area contributed by atoms with E-state index in [-0.39, 0.29) is 24.5 Å². The Bertz CT molecular complexity index is 737. The van der Waals surface area contributed by atoms with Crippen LogP contribution in [-0.2, 0) is 6.18 Å². The number of halogens is 3. The molecule has 1 N–H and O–H groups in total. The van der Waals surface area contributed by atoms with Crippen molar-refractivity contribution in [1.29, 1.82) is 0 Å². The highest BCUT2D eigenvalue weighted by Crippen LogP contribution is 2.34. The molecular weight excluding hydrogens is 329 g/mol. The first-order valence-electron chi connectivity index (χ1n) is 6.80. The second kappa shape index (κ2) is 7.11. The fourth-order valence-corrected chi connectivity index (χ4v) is 1.89. The van der Waals surface area contributed by atoms with Gasteiger partial charge >= 0.3 is 6.18 Å². The third kappa shape index (κ3) is 4.31. The van der Waals surface area contributed by atoms with E-state index < -0.39 is 22.5 Å². The Morgan fingerprint density at radius 1 is 1.33 bits per heavy atom. The summed E-state index contributed by atoms with van der Waals surface area (Å²) in [6, 6.07) is 4.77. The SMILES string of the molecule is Cc1nc(NCCOc2ncccc2C(F)(F)F)ccc1[N+](=O)[O-]. The summed E-state index contributed by atoms with van der Waals surface area (Å²) in [5.74, 6) is -0.140. The summed E-state index contributed by atoms with van der Waals surface area (Å²) >= 11 is 0. The zero-order valence-corrected chi connectivity index (χ0v) is 12.5. The quantitative estimate of drug-likeness (QED) is 0.492. The fraction of sp³-hybridized carbons (Fsp3) is 0.286. The lowest BCUT2D eigenvalue weighted by atomic mass is 10.2. The van der Waals surface area contributed by atoms with E-state index in [1.54, 1.807) is 0 Å². The highest BCUT2D eigenvalue weighted by molar-refractivity contribution is 5.44. The second-order valence-corrected chi connectivity index (χ2v) is 4.69. The van der Waals surface area contributed by atoms with Gasteiger partial charge in [-0.25, -0.2) is 9.97 Å². The van der Waals surface area contributed by atoms with Gasteiger partial charge in [-0.15, -0.1) is 0 Å². The van der Waals surface area contributed by atoms with Crippen molar-refractivity contribution in [3.05, 3.63) is 51.8 Å². The van der Waals surface area contributed by atoms with E-state index in [0.29, 0.717) is 5.82 Å². The third-order valence-electron chi connectivity index (χ3n) is 2.98. The molecule has 0 bridgehead atoms. The van der Waals surface area contributed by atoms with Crippen LogP contribution in [0.4, 0.5) is 24.7 Å². The number of nitrogens with one attached hydrogen (secondary N) is 1. The number of aromatic nitrogens is 2. The van der Waals surface area contributed by atoms with Crippen LogP contribution in [0.5, 0.6) is 5.88 Å². The van der Waals surface area contributed by atoms with Crippen molar-refractivity contribution in [3.8, 4) is 5.88 Å². The summed E-state index contributed by atoms with van der Waals surface area (Å²) in [6.45, 7) is 1.55. The molecule has 0 saturated heterocycles. The largest absolute Gasteiger partial charge is 0.475 e. The smallest absolute Gasteiger partial charge is 0.421 e. The van der Waals surface area contributed by atoms with Gasteiger partial charge in [0.2, 0.25) is 5.88 Å². The van der Waals surface area contributed by atoms with Crippen molar-refractivity contribution in [1.82, 2.24) is 9.97 Å². The lowest BCUT2D eigenvalue weighted by Gasteiger charge is -2.13. The minimum absolute atomic E-state index is 0.0855. The number of hydrogen-bond donors (Lipinski definition) is 1. The van der Waals surface area contributed by atoms with E-state index in [4.69, 9.17) is 4.74 Å². The molecule has 0 radical (unpaired) electrons. The summed E-state index contributed by atoms with van der Waals surface area (Å²) in [6.07, 6.45) is -3.34. The molecule has 0 saturated carbocycles. The first kappa shape index (κ1) is 17.4. The van der Waals surface area contributed by atoms with Crippen LogP contribution in [-0.4, -0.2) is 28.0 Å². The Hall–Kier alpha value is -2.91. The predicted molar refractivity (Wildman–Crippen MR) is 78.9 cm³/mol. The molecule has 7 nitrogen and oxygen atoms in total. The average molecular weight is 342 g/mol. The van der Waals surface area contributed by atoms with Crippen LogP contribution in [0.2, 0.25) is 0 Å². The number of alkyl halides is 3. The van der Waals surface area contributed by atoms with Gasteiger partial charge < -0.3 is 10.1 Å². The summed E-state index contributed by atoms with van der Waals surface area (Å²) in [5, 5.41) is 13.5. The molecule has 0 spiro atoms. The number of aryl methyl sites for hydroxylation is 1. The fourth-order valence-electron chi connectivity index (χ4n) is 1.89. The highest BCUT2D eigenvalue weighted by Gasteiger charge is 2.34. The van der Waals surface area contributed by atoms with Crippen LogP contribution in [0.15, 0.2) is 30.5 Å². The lowest BCUT2D eigenvalue weighted by Crippen LogP contribution is -2.16. The average Bonchev–Trinajstić information content (AvgIpc) is 2.50. The molecule has 0 unspecified atom stereocenters. The summed E-state index contributed by atoms with van der Waals surface area (Å²) in [5.41, 5.74) is -0.829. The first-order chi connectivity index (χ1) is 11.3. The molecule has 2 rings (SSSR count). The number of nitro groups is 1. The van der Waals surface area contributed by atoms with Crippen LogP contribution >= 0.6 is 0 Å². The van der Waals surface area contributed by atoms with Crippen molar-refractivity contribution < 1.29 is 22.8 Å². The monoisotopic (exact) mass is 342 g/mol. The molecule has 0 aliphatic rings.